The lowest BCUT2D eigenvalue weighted by atomic mass is 9.87. The zero-order valence-electron chi connectivity index (χ0n) is 10.1. The molecule has 1 aromatic rings. The molecule has 1 saturated carbocycles. The van der Waals surface area contributed by atoms with Crippen molar-refractivity contribution in [3.8, 4) is 0 Å². The first-order valence-electron chi connectivity index (χ1n) is 6.64. The van der Waals surface area contributed by atoms with E-state index in [1.165, 1.54) is 44.1 Å². The van der Waals surface area contributed by atoms with Crippen LogP contribution in [-0.2, 0) is 6.42 Å². The van der Waals surface area contributed by atoms with E-state index in [0.717, 1.165) is 12.3 Å². The summed E-state index contributed by atoms with van der Waals surface area (Å²) in [5, 5.41) is 0. The minimum absolute atomic E-state index is 0.973. The van der Waals surface area contributed by atoms with Gasteiger partial charge in [-0.05, 0) is 24.3 Å². The summed E-state index contributed by atoms with van der Waals surface area (Å²) in [7, 11) is 0. The van der Waals surface area contributed by atoms with Crippen molar-refractivity contribution in [3.05, 3.63) is 48.0 Å². The Morgan fingerprint density at radius 1 is 0.938 bits per heavy atom. The van der Waals surface area contributed by atoms with Gasteiger partial charge in [-0.1, -0.05) is 74.6 Å². The van der Waals surface area contributed by atoms with Gasteiger partial charge in [0.25, 0.3) is 0 Å². The maximum absolute atomic E-state index is 2.39. The van der Waals surface area contributed by atoms with Crippen molar-refractivity contribution in [3.63, 3.8) is 0 Å². The molecular weight excluding hydrogens is 192 g/mol. The molecule has 0 bridgehead atoms. The number of allylic oxidation sites excluding steroid dienone is 2. The zero-order chi connectivity index (χ0) is 11.1. The normalized spacial score (nSPS) is 18.0. The second kappa shape index (κ2) is 6.52. The van der Waals surface area contributed by atoms with Crippen LogP contribution in [0.25, 0.3) is 0 Å². The molecule has 0 heteroatoms. The minimum atomic E-state index is 0.973. The van der Waals surface area contributed by atoms with Gasteiger partial charge in [0, 0.05) is 0 Å². The fourth-order valence-electron chi connectivity index (χ4n) is 2.55. The average Bonchev–Trinajstić information content (AvgIpc) is 2.37. The average molecular weight is 214 g/mol. The topological polar surface area (TPSA) is 0 Å². The van der Waals surface area contributed by atoms with Gasteiger partial charge in [0.1, 0.15) is 0 Å². The Bertz CT molecular complexity index is 304. The lowest BCUT2D eigenvalue weighted by Gasteiger charge is -2.19. The van der Waals surface area contributed by atoms with Crippen LogP contribution in [0.4, 0.5) is 0 Å². The lowest BCUT2D eigenvalue weighted by molar-refractivity contribution is 0.361. The molecule has 86 valence electrons. The Hall–Kier alpha value is -1.04. The smallest absolute Gasteiger partial charge is 0.00975 e. The van der Waals surface area contributed by atoms with Gasteiger partial charge in [0.15, 0.2) is 0 Å². The van der Waals surface area contributed by atoms with Gasteiger partial charge in [-0.2, -0.15) is 0 Å². The summed E-state index contributed by atoms with van der Waals surface area (Å²) in [6.07, 6.45) is 14.4. The predicted molar refractivity (Wildman–Crippen MR) is 70.5 cm³/mol. The predicted octanol–water partition coefficient (Wildman–Crippen LogP) is 4.76. The van der Waals surface area contributed by atoms with Crippen molar-refractivity contribution >= 4 is 0 Å². The Balaban J connectivity index is 1.69. The zero-order valence-corrected chi connectivity index (χ0v) is 10.1. The standard InChI is InChI=1S/C16H22/c1-3-9-15(10-4-1)13-7-8-14-16-11-5-2-6-12-16/h1,3-4,7-10,16H,2,5-6,11-14H2/b8-7+. The van der Waals surface area contributed by atoms with Crippen LogP contribution >= 0.6 is 0 Å². The molecule has 1 fully saturated rings. The molecule has 0 saturated heterocycles. The van der Waals surface area contributed by atoms with Gasteiger partial charge < -0.3 is 0 Å². The minimum Gasteiger partial charge on any atom is -0.0879 e. The summed E-state index contributed by atoms with van der Waals surface area (Å²) in [6.45, 7) is 0. The SMILES string of the molecule is C(=C\CC1CCCCC1)/Cc1ccccc1. The highest BCUT2D eigenvalue weighted by Gasteiger charge is 2.10. The molecule has 0 spiro atoms. The molecular formula is C16H22. The van der Waals surface area contributed by atoms with Crippen molar-refractivity contribution in [2.45, 2.75) is 44.9 Å². The first kappa shape index (κ1) is 11.4. The highest BCUT2D eigenvalue weighted by atomic mass is 14.2. The van der Waals surface area contributed by atoms with E-state index in [2.05, 4.69) is 42.5 Å². The largest absolute Gasteiger partial charge is 0.0879 e. The molecule has 0 heterocycles. The fraction of sp³-hybridized carbons (Fsp3) is 0.500. The molecule has 0 amide bonds. The second-order valence-corrected chi connectivity index (χ2v) is 4.90. The monoisotopic (exact) mass is 214 g/mol. The van der Waals surface area contributed by atoms with Crippen molar-refractivity contribution in [2.75, 3.05) is 0 Å². The van der Waals surface area contributed by atoms with E-state index in [1.54, 1.807) is 0 Å². The summed E-state index contributed by atoms with van der Waals surface area (Å²) < 4.78 is 0. The number of rotatable bonds is 4. The third kappa shape index (κ3) is 3.84. The summed E-state index contributed by atoms with van der Waals surface area (Å²) in [6, 6.07) is 10.7. The number of hydrogen-bond acceptors (Lipinski definition) is 0. The van der Waals surface area contributed by atoms with Crippen molar-refractivity contribution in [2.24, 2.45) is 5.92 Å². The Labute approximate surface area is 99.4 Å². The van der Waals surface area contributed by atoms with Gasteiger partial charge in [-0.15, -0.1) is 0 Å². The third-order valence-electron chi connectivity index (χ3n) is 3.56. The van der Waals surface area contributed by atoms with Gasteiger partial charge in [-0.25, -0.2) is 0 Å². The van der Waals surface area contributed by atoms with Gasteiger partial charge in [0.05, 0.1) is 0 Å². The summed E-state index contributed by atoms with van der Waals surface area (Å²) in [5.74, 6) is 0.973. The maximum Gasteiger partial charge on any atom is -0.00975 e. The highest BCUT2D eigenvalue weighted by molar-refractivity contribution is 5.17. The molecule has 1 aliphatic rings. The lowest BCUT2D eigenvalue weighted by Crippen LogP contribution is -2.04. The van der Waals surface area contributed by atoms with Crippen molar-refractivity contribution in [1.29, 1.82) is 0 Å². The fourth-order valence-corrected chi connectivity index (χ4v) is 2.55. The molecule has 0 N–H and O–H groups in total. The molecule has 0 aliphatic heterocycles. The first-order chi connectivity index (χ1) is 7.95. The van der Waals surface area contributed by atoms with Gasteiger partial charge in [-0.3, -0.25) is 0 Å². The molecule has 0 radical (unpaired) electrons. The van der Waals surface area contributed by atoms with E-state index < -0.39 is 0 Å². The molecule has 16 heavy (non-hydrogen) atoms. The van der Waals surface area contributed by atoms with E-state index in [9.17, 15) is 0 Å². The van der Waals surface area contributed by atoms with Crippen LogP contribution in [0, 0.1) is 5.92 Å². The Morgan fingerprint density at radius 3 is 2.44 bits per heavy atom. The second-order valence-electron chi connectivity index (χ2n) is 4.90. The van der Waals surface area contributed by atoms with E-state index in [4.69, 9.17) is 0 Å². The number of benzene rings is 1. The van der Waals surface area contributed by atoms with E-state index in [0.29, 0.717) is 0 Å². The molecule has 0 atom stereocenters. The molecule has 0 nitrogen and oxygen atoms in total. The molecule has 1 aromatic carbocycles. The molecule has 0 aromatic heterocycles. The van der Waals surface area contributed by atoms with Crippen LogP contribution in [0.15, 0.2) is 42.5 Å². The molecule has 1 aliphatic carbocycles. The first-order valence-corrected chi connectivity index (χ1v) is 6.64. The van der Waals surface area contributed by atoms with Crippen LogP contribution in [0.5, 0.6) is 0 Å². The van der Waals surface area contributed by atoms with Gasteiger partial charge >= 0.3 is 0 Å². The van der Waals surface area contributed by atoms with Crippen LogP contribution in [0.2, 0.25) is 0 Å². The van der Waals surface area contributed by atoms with Crippen LogP contribution in [0.3, 0.4) is 0 Å². The summed E-state index contributed by atoms with van der Waals surface area (Å²) in [4.78, 5) is 0. The Kier molecular flexibility index (Phi) is 4.67. The van der Waals surface area contributed by atoms with Gasteiger partial charge in [0.2, 0.25) is 0 Å². The summed E-state index contributed by atoms with van der Waals surface area (Å²) >= 11 is 0. The number of hydrogen-bond donors (Lipinski definition) is 0. The third-order valence-corrected chi connectivity index (χ3v) is 3.56. The molecule has 2 rings (SSSR count). The van der Waals surface area contributed by atoms with Crippen LogP contribution in [-0.4, -0.2) is 0 Å². The highest BCUT2D eigenvalue weighted by Crippen LogP contribution is 2.26. The van der Waals surface area contributed by atoms with E-state index in [1.807, 2.05) is 0 Å². The van der Waals surface area contributed by atoms with Crippen LogP contribution in [0.1, 0.15) is 44.1 Å². The maximum atomic E-state index is 2.39. The van der Waals surface area contributed by atoms with Crippen LogP contribution < -0.4 is 0 Å². The van der Waals surface area contributed by atoms with Crippen molar-refractivity contribution < 1.29 is 0 Å². The Morgan fingerprint density at radius 2 is 1.69 bits per heavy atom. The van der Waals surface area contributed by atoms with Crippen molar-refractivity contribution in [1.82, 2.24) is 0 Å². The molecule has 0 unspecified atom stereocenters. The van der Waals surface area contributed by atoms with E-state index in [-0.39, 0.29) is 0 Å². The summed E-state index contributed by atoms with van der Waals surface area (Å²) in [5.41, 5.74) is 1.42. The van der Waals surface area contributed by atoms with E-state index >= 15 is 0 Å². The quantitative estimate of drug-likeness (QED) is 0.634.